The fourth-order valence-corrected chi connectivity index (χ4v) is 4.02. The molecule has 0 saturated carbocycles. The Bertz CT molecular complexity index is 1360. The van der Waals surface area contributed by atoms with Crippen LogP contribution in [0.4, 0.5) is 0 Å². The quantitative estimate of drug-likeness (QED) is 0.346. The molecule has 1 amide bonds. The summed E-state index contributed by atoms with van der Waals surface area (Å²) in [6, 6.07) is 17.8. The van der Waals surface area contributed by atoms with Gasteiger partial charge >= 0.3 is 0 Å². The number of aryl methyl sites for hydroxylation is 1. The number of amides is 1. The first-order valence-corrected chi connectivity index (χ1v) is 11.0. The lowest BCUT2D eigenvalue weighted by molar-refractivity contribution is 0.0951. The highest BCUT2D eigenvalue weighted by atomic mass is 79.9. The van der Waals surface area contributed by atoms with Gasteiger partial charge in [0.05, 0.1) is 16.2 Å². The maximum absolute atomic E-state index is 13.1. The maximum Gasteiger partial charge on any atom is 0.251 e. The minimum absolute atomic E-state index is 0.0791. The molecule has 0 aliphatic carbocycles. The van der Waals surface area contributed by atoms with Gasteiger partial charge in [-0.1, -0.05) is 51.3 Å². The number of aromatic nitrogens is 1. The van der Waals surface area contributed by atoms with E-state index in [1.165, 1.54) is 0 Å². The Hall–Kier alpha value is -2.60. The van der Waals surface area contributed by atoms with Gasteiger partial charge in [0, 0.05) is 38.8 Å². The number of hydrogen-bond donors (Lipinski definition) is 1. The van der Waals surface area contributed by atoms with Crippen LogP contribution >= 0.6 is 39.1 Å². The summed E-state index contributed by atoms with van der Waals surface area (Å²) in [5.41, 5.74) is 3.08. The zero-order chi connectivity index (χ0) is 22.1. The van der Waals surface area contributed by atoms with Crippen LogP contribution in [0, 0.1) is 6.92 Å². The first-order chi connectivity index (χ1) is 14.8. The highest BCUT2D eigenvalue weighted by molar-refractivity contribution is 9.10. The number of rotatable bonds is 4. The predicted octanol–water partition coefficient (Wildman–Crippen LogP) is 6.30. The van der Waals surface area contributed by atoms with Crippen LogP contribution in [0.2, 0.25) is 10.0 Å². The van der Waals surface area contributed by atoms with Crippen LogP contribution in [-0.4, -0.2) is 10.5 Å². The summed E-state index contributed by atoms with van der Waals surface area (Å²) in [6.45, 7) is 2.00. The topological polar surface area (TPSA) is 51.1 Å². The molecule has 156 valence electrons. The normalized spacial score (nSPS) is 11.0. The SMILES string of the molecule is Cc1cccc(-n2cc(CNC(=O)c3ccc(Br)cc3)c(=O)c3ccc(Cl)cc32)c1Cl. The average Bonchev–Trinajstić information content (AvgIpc) is 2.76. The number of pyridine rings is 1. The van der Waals surface area contributed by atoms with E-state index in [-0.39, 0.29) is 17.9 Å². The second kappa shape index (κ2) is 8.87. The molecule has 0 fully saturated rings. The highest BCUT2D eigenvalue weighted by Gasteiger charge is 2.15. The van der Waals surface area contributed by atoms with Gasteiger partial charge in [-0.15, -0.1) is 0 Å². The third kappa shape index (κ3) is 4.40. The van der Waals surface area contributed by atoms with Crippen molar-refractivity contribution in [3.05, 3.63) is 108 Å². The van der Waals surface area contributed by atoms with Gasteiger partial charge in [-0.05, 0) is 61.0 Å². The van der Waals surface area contributed by atoms with E-state index in [0.29, 0.717) is 32.1 Å². The molecular weight excluding hydrogens is 499 g/mol. The van der Waals surface area contributed by atoms with Crippen LogP contribution in [-0.2, 0) is 6.54 Å². The molecule has 0 atom stereocenters. The summed E-state index contributed by atoms with van der Waals surface area (Å²) in [6.07, 6.45) is 1.71. The van der Waals surface area contributed by atoms with Crippen molar-refractivity contribution in [1.82, 2.24) is 9.88 Å². The Morgan fingerprint density at radius 3 is 2.55 bits per heavy atom. The third-order valence-corrected chi connectivity index (χ3v) is 6.27. The molecule has 1 N–H and O–H groups in total. The van der Waals surface area contributed by atoms with Crippen LogP contribution in [0.15, 0.2) is 76.1 Å². The number of carbonyl (C=O) groups is 1. The van der Waals surface area contributed by atoms with Gasteiger partial charge in [0.2, 0.25) is 0 Å². The third-order valence-electron chi connectivity index (χ3n) is 5.02. The maximum atomic E-state index is 13.1. The number of halogens is 3. The van der Waals surface area contributed by atoms with E-state index in [2.05, 4.69) is 21.2 Å². The van der Waals surface area contributed by atoms with E-state index in [4.69, 9.17) is 23.2 Å². The second-order valence-corrected chi connectivity index (χ2v) is 8.84. The van der Waals surface area contributed by atoms with E-state index >= 15 is 0 Å². The Morgan fingerprint density at radius 2 is 1.81 bits per heavy atom. The smallest absolute Gasteiger partial charge is 0.251 e. The summed E-state index contributed by atoms with van der Waals surface area (Å²) >= 11 is 16.1. The molecule has 31 heavy (non-hydrogen) atoms. The molecule has 0 saturated heterocycles. The number of nitrogens with one attached hydrogen (secondary N) is 1. The standard InChI is InChI=1S/C24H17BrCl2N2O2/c1-14-3-2-4-20(22(14)27)29-13-16(23(30)19-10-9-18(26)11-21(19)29)12-28-24(31)15-5-7-17(25)8-6-15/h2-11,13H,12H2,1H3,(H,28,31). The summed E-state index contributed by atoms with van der Waals surface area (Å²) in [7, 11) is 0. The molecule has 4 rings (SSSR count). The van der Waals surface area contributed by atoms with Crippen LogP contribution < -0.4 is 10.7 Å². The molecule has 1 aromatic heterocycles. The molecule has 4 aromatic rings. The van der Waals surface area contributed by atoms with Crippen molar-refractivity contribution in [1.29, 1.82) is 0 Å². The monoisotopic (exact) mass is 514 g/mol. The van der Waals surface area contributed by atoms with Gasteiger partial charge in [-0.2, -0.15) is 0 Å². The first kappa shape index (κ1) is 21.6. The minimum Gasteiger partial charge on any atom is -0.348 e. The summed E-state index contributed by atoms with van der Waals surface area (Å²) in [4.78, 5) is 25.7. The molecule has 7 heteroatoms. The molecule has 0 unspecified atom stereocenters. The molecular formula is C24H17BrCl2N2O2. The van der Waals surface area contributed by atoms with Crippen molar-refractivity contribution in [3.63, 3.8) is 0 Å². The van der Waals surface area contributed by atoms with Crippen molar-refractivity contribution in [3.8, 4) is 5.69 Å². The van der Waals surface area contributed by atoms with Crippen LogP contribution in [0.5, 0.6) is 0 Å². The number of benzene rings is 3. The van der Waals surface area contributed by atoms with Crippen LogP contribution in [0.25, 0.3) is 16.6 Å². The number of fused-ring (bicyclic) bond motifs is 1. The van der Waals surface area contributed by atoms with E-state index in [1.54, 1.807) is 48.7 Å². The van der Waals surface area contributed by atoms with Crippen molar-refractivity contribution >= 4 is 55.9 Å². The zero-order valence-electron chi connectivity index (χ0n) is 16.5. The molecule has 0 spiro atoms. The summed E-state index contributed by atoms with van der Waals surface area (Å²) in [5, 5.41) is 4.42. The molecule has 3 aromatic carbocycles. The predicted molar refractivity (Wildman–Crippen MR) is 130 cm³/mol. The molecule has 1 heterocycles. The lowest BCUT2D eigenvalue weighted by Crippen LogP contribution is -2.27. The van der Waals surface area contributed by atoms with Gasteiger partial charge in [0.15, 0.2) is 5.43 Å². The van der Waals surface area contributed by atoms with Crippen molar-refractivity contribution in [2.24, 2.45) is 0 Å². The van der Waals surface area contributed by atoms with E-state index in [0.717, 1.165) is 15.7 Å². The second-order valence-electron chi connectivity index (χ2n) is 7.11. The van der Waals surface area contributed by atoms with Crippen LogP contribution in [0.3, 0.4) is 0 Å². The van der Waals surface area contributed by atoms with Crippen molar-refractivity contribution in [2.45, 2.75) is 13.5 Å². The van der Waals surface area contributed by atoms with Crippen molar-refractivity contribution < 1.29 is 4.79 Å². The Morgan fingerprint density at radius 1 is 1.06 bits per heavy atom. The lowest BCUT2D eigenvalue weighted by atomic mass is 10.1. The van der Waals surface area contributed by atoms with Gasteiger partial charge in [-0.25, -0.2) is 0 Å². The first-order valence-electron chi connectivity index (χ1n) is 9.48. The van der Waals surface area contributed by atoms with Crippen LogP contribution in [0.1, 0.15) is 21.5 Å². The summed E-state index contributed by atoms with van der Waals surface area (Å²) < 4.78 is 2.73. The van der Waals surface area contributed by atoms with E-state index in [9.17, 15) is 9.59 Å². The number of hydrogen-bond acceptors (Lipinski definition) is 2. The Balaban J connectivity index is 1.79. The number of carbonyl (C=O) groups excluding carboxylic acids is 1. The largest absolute Gasteiger partial charge is 0.348 e. The van der Waals surface area contributed by atoms with E-state index in [1.807, 2.05) is 29.7 Å². The average molecular weight is 516 g/mol. The highest BCUT2D eigenvalue weighted by Crippen LogP contribution is 2.28. The molecule has 4 nitrogen and oxygen atoms in total. The Kier molecular flexibility index (Phi) is 6.19. The fourth-order valence-electron chi connectivity index (χ4n) is 3.38. The van der Waals surface area contributed by atoms with Crippen molar-refractivity contribution in [2.75, 3.05) is 0 Å². The lowest BCUT2D eigenvalue weighted by Gasteiger charge is -2.16. The molecule has 0 aliphatic rings. The summed E-state index contributed by atoms with van der Waals surface area (Å²) in [5.74, 6) is -0.261. The fraction of sp³-hybridized carbons (Fsp3) is 0.0833. The molecule has 0 bridgehead atoms. The van der Waals surface area contributed by atoms with Gasteiger partial charge < -0.3 is 9.88 Å². The van der Waals surface area contributed by atoms with Gasteiger partial charge in [-0.3, -0.25) is 9.59 Å². The van der Waals surface area contributed by atoms with Gasteiger partial charge in [0.1, 0.15) is 0 Å². The minimum atomic E-state index is -0.261. The number of nitrogens with zero attached hydrogens (tertiary/aromatic N) is 1. The molecule has 0 radical (unpaired) electrons. The van der Waals surface area contributed by atoms with E-state index < -0.39 is 0 Å². The van der Waals surface area contributed by atoms with Gasteiger partial charge in [0.25, 0.3) is 5.91 Å². The zero-order valence-corrected chi connectivity index (χ0v) is 19.6. The Labute approximate surface area is 197 Å². The molecule has 0 aliphatic heterocycles.